The Hall–Kier alpha value is -2.74. The Kier molecular flexibility index (Phi) is 1.92. The van der Waals surface area contributed by atoms with E-state index in [-0.39, 0.29) is 0 Å². The molecule has 2 nitrogen and oxygen atoms in total. The lowest BCUT2D eigenvalue weighted by atomic mass is 10.1. The summed E-state index contributed by atoms with van der Waals surface area (Å²) in [5.41, 5.74) is 4.87. The molecule has 100 valence electrons. The van der Waals surface area contributed by atoms with Crippen LogP contribution in [0.15, 0.2) is 63.4 Å². The zero-order valence-corrected chi connectivity index (χ0v) is 11.5. The molecule has 5 aromatic rings. The summed E-state index contributed by atoms with van der Waals surface area (Å²) in [5, 5.41) is 4.48. The summed E-state index contributed by atoms with van der Waals surface area (Å²) in [6.45, 7) is 2.08. The summed E-state index contributed by atoms with van der Waals surface area (Å²) in [5.74, 6) is 0. The van der Waals surface area contributed by atoms with E-state index in [1.54, 1.807) is 0 Å². The maximum absolute atomic E-state index is 6.02. The zero-order chi connectivity index (χ0) is 14.0. The van der Waals surface area contributed by atoms with Crippen molar-refractivity contribution >= 4 is 43.9 Å². The maximum atomic E-state index is 6.02. The lowest BCUT2D eigenvalue weighted by molar-refractivity contribution is 0.664. The number of hydrogen-bond donors (Lipinski definition) is 0. The number of hydrogen-bond acceptors (Lipinski definition) is 2. The van der Waals surface area contributed by atoms with E-state index in [1.807, 2.05) is 18.2 Å². The number of fused-ring (bicyclic) bond motifs is 6. The Balaban J connectivity index is 2.00. The van der Waals surface area contributed by atoms with Crippen LogP contribution in [-0.2, 0) is 0 Å². The van der Waals surface area contributed by atoms with Crippen molar-refractivity contribution in [2.24, 2.45) is 0 Å². The topological polar surface area (TPSA) is 26.3 Å². The quantitative estimate of drug-likeness (QED) is 0.356. The van der Waals surface area contributed by atoms with Crippen molar-refractivity contribution in [2.45, 2.75) is 6.92 Å². The highest BCUT2D eigenvalue weighted by Crippen LogP contribution is 2.36. The molecule has 0 spiro atoms. The standard InChI is InChI=1S/C19H12O2/c1-11-6-7-13-15-10-18-14(9-19(15)21-17(13)8-11)12-4-2-3-5-16(12)20-18/h2-10H,1H3. The molecule has 0 saturated carbocycles. The molecule has 21 heavy (non-hydrogen) atoms. The van der Waals surface area contributed by atoms with Crippen molar-refractivity contribution in [3.05, 3.63) is 60.2 Å². The van der Waals surface area contributed by atoms with Gasteiger partial charge in [0, 0.05) is 21.5 Å². The summed E-state index contributed by atoms with van der Waals surface area (Å²) >= 11 is 0. The third-order valence-corrected chi connectivity index (χ3v) is 4.13. The minimum Gasteiger partial charge on any atom is -0.456 e. The molecule has 0 atom stereocenters. The van der Waals surface area contributed by atoms with Crippen LogP contribution in [0, 0.1) is 6.92 Å². The second-order valence-corrected chi connectivity index (χ2v) is 5.54. The van der Waals surface area contributed by atoms with Crippen LogP contribution in [0.25, 0.3) is 43.9 Å². The third-order valence-electron chi connectivity index (χ3n) is 4.13. The molecule has 0 fully saturated rings. The molecular weight excluding hydrogens is 260 g/mol. The van der Waals surface area contributed by atoms with Gasteiger partial charge in [-0.1, -0.05) is 30.3 Å². The number of benzene rings is 3. The minimum absolute atomic E-state index is 0.909. The lowest BCUT2D eigenvalue weighted by Crippen LogP contribution is -1.70. The lowest BCUT2D eigenvalue weighted by Gasteiger charge is -1.91. The summed E-state index contributed by atoms with van der Waals surface area (Å²) < 4.78 is 12.0. The van der Waals surface area contributed by atoms with Crippen molar-refractivity contribution in [3.8, 4) is 0 Å². The van der Waals surface area contributed by atoms with E-state index >= 15 is 0 Å². The highest BCUT2D eigenvalue weighted by atomic mass is 16.3. The fourth-order valence-corrected chi connectivity index (χ4v) is 3.10. The van der Waals surface area contributed by atoms with Gasteiger partial charge in [-0.25, -0.2) is 0 Å². The van der Waals surface area contributed by atoms with E-state index in [0.717, 1.165) is 43.9 Å². The number of rotatable bonds is 0. The van der Waals surface area contributed by atoms with Crippen LogP contribution in [0.4, 0.5) is 0 Å². The highest BCUT2D eigenvalue weighted by Gasteiger charge is 2.12. The van der Waals surface area contributed by atoms with Crippen molar-refractivity contribution < 1.29 is 8.83 Å². The van der Waals surface area contributed by atoms with Crippen molar-refractivity contribution in [2.75, 3.05) is 0 Å². The number of furan rings is 2. The molecule has 0 saturated heterocycles. The molecule has 0 aliphatic heterocycles. The molecule has 3 aromatic carbocycles. The summed E-state index contributed by atoms with van der Waals surface area (Å²) in [4.78, 5) is 0. The van der Waals surface area contributed by atoms with Gasteiger partial charge in [0.15, 0.2) is 0 Å². The Bertz CT molecular complexity index is 1140. The smallest absolute Gasteiger partial charge is 0.136 e. The van der Waals surface area contributed by atoms with Gasteiger partial charge in [0.25, 0.3) is 0 Å². The fraction of sp³-hybridized carbons (Fsp3) is 0.0526. The van der Waals surface area contributed by atoms with Gasteiger partial charge in [-0.05, 0) is 36.8 Å². The normalized spacial score (nSPS) is 12.0. The molecule has 0 aliphatic carbocycles. The predicted octanol–water partition coefficient (Wildman–Crippen LogP) is 5.79. The highest BCUT2D eigenvalue weighted by molar-refractivity contribution is 6.14. The van der Waals surface area contributed by atoms with E-state index < -0.39 is 0 Å². The molecule has 5 rings (SSSR count). The first kappa shape index (κ1) is 11.0. The van der Waals surface area contributed by atoms with Crippen LogP contribution in [0.5, 0.6) is 0 Å². The minimum atomic E-state index is 0.909. The van der Waals surface area contributed by atoms with Crippen molar-refractivity contribution in [1.29, 1.82) is 0 Å². The van der Waals surface area contributed by atoms with Crippen molar-refractivity contribution in [1.82, 2.24) is 0 Å². The monoisotopic (exact) mass is 272 g/mol. The molecule has 0 unspecified atom stereocenters. The van der Waals surface area contributed by atoms with Crippen LogP contribution in [0.1, 0.15) is 5.56 Å². The van der Waals surface area contributed by atoms with Crippen LogP contribution >= 0.6 is 0 Å². The molecule has 2 aromatic heterocycles. The summed E-state index contributed by atoms with van der Waals surface area (Å²) in [6, 6.07) is 18.6. The number of para-hydroxylation sites is 1. The van der Waals surface area contributed by atoms with E-state index in [2.05, 4.69) is 43.3 Å². The van der Waals surface area contributed by atoms with Gasteiger partial charge in [0.05, 0.1) is 0 Å². The second kappa shape index (κ2) is 3.67. The summed E-state index contributed by atoms with van der Waals surface area (Å²) in [6.07, 6.45) is 0. The molecule has 0 bridgehead atoms. The molecule has 0 aliphatic rings. The fourth-order valence-electron chi connectivity index (χ4n) is 3.10. The van der Waals surface area contributed by atoms with E-state index in [0.29, 0.717) is 0 Å². The first-order chi connectivity index (χ1) is 10.3. The SMILES string of the molecule is Cc1ccc2c(c1)oc1cc3c(cc12)oc1ccccc13. The van der Waals surface area contributed by atoms with Crippen LogP contribution < -0.4 is 0 Å². The van der Waals surface area contributed by atoms with Crippen LogP contribution in [0.2, 0.25) is 0 Å². The van der Waals surface area contributed by atoms with E-state index in [9.17, 15) is 0 Å². The number of aryl methyl sites for hydroxylation is 1. The first-order valence-corrected chi connectivity index (χ1v) is 7.04. The van der Waals surface area contributed by atoms with E-state index in [4.69, 9.17) is 8.83 Å². The largest absolute Gasteiger partial charge is 0.456 e. The van der Waals surface area contributed by atoms with Gasteiger partial charge in [0.2, 0.25) is 0 Å². The summed E-state index contributed by atoms with van der Waals surface area (Å²) in [7, 11) is 0. The third kappa shape index (κ3) is 1.42. The Labute approximate surface area is 120 Å². The molecule has 0 N–H and O–H groups in total. The predicted molar refractivity (Wildman–Crippen MR) is 85.7 cm³/mol. The average Bonchev–Trinajstić information content (AvgIpc) is 3.01. The van der Waals surface area contributed by atoms with Gasteiger partial charge in [-0.3, -0.25) is 0 Å². The molecule has 2 heterocycles. The van der Waals surface area contributed by atoms with Gasteiger partial charge in [0.1, 0.15) is 22.3 Å². The molecular formula is C19H12O2. The maximum Gasteiger partial charge on any atom is 0.136 e. The van der Waals surface area contributed by atoms with Gasteiger partial charge >= 0.3 is 0 Å². The Morgan fingerprint density at radius 2 is 1.19 bits per heavy atom. The zero-order valence-electron chi connectivity index (χ0n) is 11.5. The van der Waals surface area contributed by atoms with Gasteiger partial charge in [-0.15, -0.1) is 0 Å². The van der Waals surface area contributed by atoms with Crippen LogP contribution in [0.3, 0.4) is 0 Å². The van der Waals surface area contributed by atoms with Gasteiger partial charge in [-0.2, -0.15) is 0 Å². The molecule has 0 radical (unpaired) electrons. The first-order valence-electron chi connectivity index (χ1n) is 7.04. The van der Waals surface area contributed by atoms with Gasteiger partial charge < -0.3 is 8.83 Å². The molecule has 0 amide bonds. The Morgan fingerprint density at radius 1 is 0.571 bits per heavy atom. The van der Waals surface area contributed by atoms with Crippen LogP contribution in [-0.4, -0.2) is 0 Å². The molecule has 2 heteroatoms. The van der Waals surface area contributed by atoms with E-state index in [1.165, 1.54) is 5.56 Å². The average molecular weight is 272 g/mol. The second-order valence-electron chi connectivity index (χ2n) is 5.54. The van der Waals surface area contributed by atoms with Crippen molar-refractivity contribution in [3.63, 3.8) is 0 Å². The Morgan fingerprint density at radius 3 is 2.00 bits per heavy atom.